The molecule has 1 amide bonds. The van der Waals surface area contributed by atoms with Crippen LogP contribution in [-0.2, 0) is 11.2 Å². The summed E-state index contributed by atoms with van der Waals surface area (Å²) in [6, 6.07) is 14.1. The average molecular weight is 612 g/mol. The Labute approximate surface area is 253 Å². The van der Waals surface area contributed by atoms with Crippen molar-refractivity contribution in [3.63, 3.8) is 0 Å². The number of para-hydroxylation sites is 1. The van der Waals surface area contributed by atoms with Crippen LogP contribution >= 0.6 is 34.8 Å². The van der Waals surface area contributed by atoms with E-state index in [9.17, 15) is 14.7 Å². The number of carbonyl (C=O) groups excluding carboxylic acids is 1. The molecule has 1 atom stereocenters. The molecular formula is C31H29Cl3N4O3. The third kappa shape index (κ3) is 5.42. The quantitative estimate of drug-likeness (QED) is 0.240. The molecule has 41 heavy (non-hydrogen) atoms. The van der Waals surface area contributed by atoms with Gasteiger partial charge in [-0.2, -0.15) is 4.98 Å². The molecule has 0 spiro atoms. The van der Waals surface area contributed by atoms with Crippen molar-refractivity contribution >= 4 is 57.4 Å². The van der Waals surface area contributed by atoms with Crippen LogP contribution in [0.25, 0.3) is 27.7 Å². The second kappa shape index (κ2) is 11.8. The zero-order chi connectivity index (χ0) is 29.4. The van der Waals surface area contributed by atoms with Crippen molar-refractivity contribution in [1.82, 2.24) is 14.5 Å². The van der Waals surface area contributed by atoms with Gasteiger partial charge in [0.05, 0.1) is 21.2 Å². The Morgan fingerprint density at radius 1 is 1.10 bits per heavy atom. The van der Waals surface area contributed by atoms with Crippen LogP contribution in [-0.4, -0.2) is 51.1 Å². The van der Waals surface area contributed by atoms with Crippen molar-refractivity contribution in [1.29, 1.82) is 0 Å². The fourth-order valence-corrected chi connectivity index (χ4v) is 6.16. The highest BCUT2D eigenvalue weighted by atomic mass is 35.5. The lowest BCUT2D eigenvalue weighted by molar-refractivity contribution is -0.126. The minimum absolute atomic E-state index is 0.0626. The summed E-state index contributed by atoms with van der Waals surface area (Å²) in [4.78, 5) is 34.5. The molecule has 0 aliphatic carbocycles. The van der Waals surface area contributed by atoms with Gasteiger partial charge in [-0.15, -0.1) is 0 Å². The van der Waals surface area contributed by atoms with E-state index in [2.05, 4.69) is 18.5 Å². The number of aromatic nitrogens is 2. The molecule has 2 heterocycles. The van der Waals surface area contributed by atoms with Crippen LogP contribution in [0.15, 0.2) is 66.0 Å². The van der Waals surface area contributed by atoms with Gasteiger partial charge in [-0.25, -0.2) is 4.79 Å². The van der Waals surface area contributed by atoms with E-state index in [4.69, 9.17) is 34.8 Å². The van der Waals surface area contributed by atoms with Gasteiger partial charge in [-0.05, 0) is 49.2 Å². The Bertz CT molecular complexity index is 1740. The van der Waals surface area contributed by atoms with Gasteiger partial charge in [-0.1, -0.05) is 72.9 Å². The number of hydrogen-bond acceptors (Lipinski definition) is 5. The molecule has 0 unspecified atom stereocenters. The van der Waals surface area contributed by atoms with Crippen LogP contribution < -0.4 is 10.6 Å². The number of rotatable bonds is 6. The van der Waals surface area contributed by atoms with Gasteiger partial charge in [0, 0.05) is 53.3 Å². The van der Waals surface area contributed by atoms with Crippen LogP contribution in [0.1, 0.15) is 25.8 Å². The van der Waals surface area contributed by atoms with E-state index in [1.165, 1.54) is 18.2 Å². The van der Waals surface area contributed by atoms with E-state index in [1.54, 1.807) is 21.6 Å². The number of amides is 1. The van der Waals surface area contributed by atoms with Crippen molar-refractivity contribution in [3.8, 4) is 22.6 Å². The highest BCUT2D eigenvalue weighted by Gasteiger charge is 2.29. The van der Waals surface area contributed by atoms with E-state index in [0.29, 0.717) is 52.5 Å². The maximum atomic E-state index is 13.9. The van der Waals surface area contributed by atoms with E-state index in [-0.39, 0.29) is 27.7 Å². The molecular weight excluding hydrogens is 583 g/mol. The molecule has 1 aliphatic rings. The molecule has 10 heteroatoms. The number of aromatic hydroxyl groups is 1. The fraction of sp³-hybridized carbons (Fsp3) is 0.258. The molecule has 0 saturated carbocycles. The summed E-state index contributed by atoms with van der Waals surface area (Å²) in [5.41, 5.74) is 2.82. The maximum Gasteiger partial charge on any atom is 0.354 e. The molecule has 7 nitrogen and oxygen atoms in total. The topological polar surface area (TPSA) is 78.7 Å². The van der Waals surface area contributed by atoms with Gasteiger partial charge >= 0.3 is 5.69 Å². The molecule has 0 radical (unpaired) electrons. The summed E-state index contributed by atoms with van der Waals surface area (Å²) in [6.07, 6.45) is 2.98. The number of piperazine rings is 1. The molecule has 1 N–H and O–H groups in total. The summed E-state index contributed by atoms with van der Waals surface area (Å²) >= 11 is 19.7. The minimum atomic E-state index is -0.443. The smallest absolute Gasteiger partial charge is 0.354 e. The molecule has 1 fully saturated rings. The number of phenolic OH excluding ortho intramolecular Hbond substituents is 1. The lowest BCUT2D eigenvalue weighted by Crippen LogP contribution is -2.54. The first-order valence-electron chi connectivity index (χ1n) is 13.4. The van der Waals surface area contributed by atoms with Crippen molar-refractivity contribution in [2.75, 3.05) is 24.5 Å². The van der Waals surface area contributed by atoms with Crippen molar-refractivity contribution < 1.29 is 9.90 Å². The molecule has 4 aromatic rings. The van der Waals surface area contributed by atoms with Gasteiger partial charge in [0.25, 0.3) is 0 Å². The minimum Gasteiger partial charge on any atom is -0.508 e. The summed E-state index contributed by atoms with van der Waals surface area (Å²) < 4.78 is 1.60. The summed E-state index contributed by atoms with van der Waals surface area (Å²) in [7, 11) is 0. The van der Waals surface area contributed by atoms with Gasteiger partial charge < -0.3 is 14.9 Å². The maximum absolute atomic E-state index is 13.9. The molecule has 212 valence electrons. The van der Waals surface area contributed by atoms with Gasteiger partial charge in [0.2, 0.25) is 5.91 Å². The summed E-state index contributed by atoms with van der Waals surface area (Å²) in [5, 5.41) is 11.7. The average Bonchev–Trinajstić information content (AvgIpc) is 2.95. The molecule has 0 bridgehead atoms. The number of nitrogens with zero attached hydrogens (tertiary/aromatic N) is 4. The van der Waals surface area contributed by atoms with Crippen molar-refractivity contribution in [2.45, 2.75) is 32.7 Å². The fourth-order valence-electron chi connectivity index (χ4n) is 5.47. The van der Waals surface area contributed by atoms with Crippen LogP contribution in [0.5, 0.6) is 5.75 Å². The molecule has 5 rings (SSSR count). The number of fused-ring (bicyclic) bond motifs is 1. The first-order valence-corrected chi connectivity index (χ1v) is 14.5. The van der Waals surface area contributed by atoms with Gasteiger partial charge in [-0.3, -0.25) is 9.36 Å². The highest BCUT2D eigenvalue weighted by Crippen LogP contribution is 2.42. The number of hydrogen-bond donors (Lipinski definition) is 1. The predicted octanol–water partition coefficient (Wildman–Crippen LogP) is 6.89. The third-order valence-electron chi connectivity index (χ3n) is 7.40. The van der Waals surface area contributed by atoms with Crippen molar-refractivity contribution in [3.05, 3.63) is 92.3 Å². The normalized spacial score (nSPS) is 15.4. The van der Waals surface area contributed by atoms with Crippen LogP contribution in [0.3, 0.4) is 0 Å². The number of halogens is 3. The van der Waals surface area contributed by atoms with Crippen molar-refractivity contribution in [2.24, 2.45) is 0 Å². The predicted molar refractivity (Wildman–Crippen MR) is 167 cm³/mol. The number of aryl methyl sites for hydroxylation is 1. The Hall–Kier alpha value is -3.52. The highest BCUT2D eigenvalue weighted by molar-refractivity contribution is 6.44. The SMILES string of the molecule is C=CC(=O)N1CCN(c2nc(=O)n(-c3ccccc3CCC)c3cc(-c4cc(O)cc(Cl)c4Cl)c(Cl)cc23)[C@@H](C)C1. The Kier molecular flexibility index (Phi) is 8.32. The standard InChI is InChI=1S/C31H29Cl3N4O3/c1-4-8-19-9-6-7-10-26(19)38-27-16-21(22-13-20(39)14-25(33)29(22)34)24(32)15-23(27)30(35-31(38)41)37-12-11-36(17-18(37)3)28(40)5-2/h5-7,9-10,13-16,18,39H,2,4,8,11-12,17H2,1,3H3/t18-/m0/s1. The monoisotopic (exact) mass is 610 g/mol. The van der Waals surface area contributed by atoms with E-state index in [1.807, 2.05) is 36.1 Å². The van der Waals surface area contributed by atoms with Crippen LogP contribution in [0, 0.1) is 0 Å². The Morgan fingerprint density at radius 2 is 1.85 bits per heavy atom. The largest absolute Gasteiger partial charge is 0.508 e. The van der Waals surface area contributed by atoms with Crippen LogP contribution in [0.4, 0.5) is 5.82 Å². The second-order valence-corrected chi connectivity index (χ2v) is 11.3. The summed E-state index contributed by atoms with van der Waals surface area (Å²) in [5.74, 6) is 0.292. The van der Waals surface area contributed by atoms with E-state index < -0.39 is 5.69 Å². The lowest BCUT2D eigenvalue weighted by Gasteiger charge is -2.40. The Balaban J connectivity index is 1.79. The first kappa shape index (κ1) is 29.0. The number of anilines is 1. The third-order valence-corrected chi connectivity index (χ3v) is 8.52. The lowest BCUT2D eigenvalue weighted by atomic mass is 10.0. The number of benzene rings is 3. The van der Waals surface area contributed by atoms with E-state index >= 15 is 0 Å². The Morgan fingerprint density at radius 3 is 2.56 bits per heavy atom. The molecule has 1 aromatic heterocycles. The van der Waals surface area contributed by atoms with Crippen LogP contribution in [0.2, 0.25) is 15.1 Å². The van der Waals surface area contributed by atoms with Gasteiger partial charge in [0.1, 0.15) is 11.6 Å². The number of phenols is 1. The number of carbonyl (C=O) groups is 1. The zero-order valence-corrected chi connectivity index (χ0v) is 25.0. The summed E-state index contributed by atoms with van der Waals surface area (Å²) in [6.45, 7) is 9.07. The van der Waals surface area contributed by atoms with E-state index in [0.717, 1.165) is 24.1 Å². The first-order chi connectivity index (χ1) is 19.6. The molecule has 1 saturated heterocycles. The van der Waals surface area contributed by atoms with Gasteiger partial charge in [0.15, 0.2) is 0 Å². The molecule has 3 aromatic carbocycles. The molecule has 1 aliphatic heterocycles. The second-order valence-electron chi connectivity index (χ2n) is 10.1. The zero-order valence-electron chi connectivity index (χ0n) is 22.7.